The molecule has 0 unspecified atom stereocenters. The summed E-state index contributed by atoms with van der Waals surface area (Å²) in [5.41, 5.74) is -7.81. The Morgan fingerprint density at radius 2 is 0.857 bits per heavy atom. The fourth-order valence-corrected chi connectivity index (χ4v) is 2.55. The Labute approximate surface area is 152 Å². The Kier molecular flexibility index (Phi) is 5.41. The summed E-state index contributed by atoms with van der Waals surface area (Å²) in [6.45, 7) is 0. The number of nitrogens with zero attached hydrogens (tertiary/aromatic N) is 1. The van der Waals surface area contributed by atoms with Crippen LogP contribution in [0.2, 0.25) is 0 Å². The van der Waals surface area contributed by atoms with Crippen LogP contribution < -0.4 is 4.90 Å². The second kappa shape index (κ2) is 7.02. The van der Waals surface area contributed by atoms with Crippen molar-refractivity contribution in [3.8, 4) is 0 Å². The molecule has 11 heteroatoms. The van der Waals surface area contributed by atoms with E-state index in [1.54, 1.807) is 0 Å². The number of halogens is 9. The summed E-state index contributed by atoms with van der Waals surface area (Å²) in [6, 6.07) is 10.9. The lowest BCUT2D eigenvalue weighted by molar-refractivity contribution is -0.405. The lowest BCUT2D eigenvalue weighted by atomic mass is 9.83. The molecule has 0 atom stereocenters. The second-order valence-electron chi connectivity index (χ2n) is 5.55. The molecule has 0 aliphatic rings. The Hall–Kier alpha value is -2.72. The first-order chi connectivity index (χ1) is 12.7. The summed E-state index contributed by atoms with van der Waals surface area (Å²) >= 11 is 0. The minimum Gasteiger partial charge on any atom is -0.280 e. The molecule has 0 aliphatic carbocycles. The molecular formula is C17H10F9NO. The average molecular weight is 415 g/mol. The molecule has 152 valence electrons. The fraction of sp³-hybridized carbons (Fsp3) is 0.235. The molecule has 28 heavy (non-hydrogen) atoms. The van der Waals surface area contributed by atoms with Gasteiger partial charge in [0.15, 0.2) is 0 Å². The summed E-state index contributed by atoms with van der Waals surface area (Å²) in [5, 5.41) is 0. The summed E-state index contributed by atoms with van der Waals surface area (Å²) in [7, 11) is 0. The minimum absolute atomic E-state index is 0.242. The van der Waals surface area contributed by atoms with Crippen LogP contribution in [-0.2, 0) is 4.79 Å². The molecule has 0 heterocycles. The van der Waals surface area contributed by atoms with Gasteiger partial charge in [-0.15, -0.1) is 0 Å². The molecule has 0 spiro atoms. The van der Waals surface area contributed by atoms with E-state index >= 15 is 0 Å². The third kappa shape index (κ3) is 3.40. The zero-order chi connectivity index (χ0) is 21.4. The predicted octanol–water partition coefficient (Wildman–Crippen LogP) is 6.02. The molecule has 1 amide bonds. The highest BCUT2D eigenvalue weighted by Crippen LogP contribution is 2.61. The number of hydrogen-bond donors (Lipinski definition) is 0. The quantitative estimate of drug-likeness (QED) is 0.561. The third-order valence-corrected chi connectivity index (χ3v) is 3.83. The Morgan fingerprint density at radius 3 is 1.11 bits per heavy atom. The van der Waals surface area contributed by atoms with E-state index in [-0.39, 0.29) is 4.90 Å². The van der Waals surface area contributed by atoms with E-state index in [1.165, 1.54) is 12.1 Å². The average Bonchev–Trinajstić information content (AvgIpc) is 2.53. The van der Waals surface area contributed by atoms with Crippen molar-refractivity contribution in [3.05, 3.63) is 60.7 Å². The zero-order valence-electron chi connectivity index (χ0n) is 13.5. The van der Waals surface area contributed by atoms with Gasteiger partial charge in [0.1, 0.15) is 0 Å². The molecule has 0 aromatic heterocycles. The number of benzene rings is 2. The van der Waals surface area contributed by atoms with Crippen LogP contribution in [0.1, 0.15) is 0 Å². The van der Waals surface area contributed by atoms with Gasteiger partial charge in [-0.05, 0) is 24.3 Å². The third-order valence-electron chi connectivity index (χ3n) is 3.83. The predicted molar refractivity (Wildman–Crippen MR) is 80.6 cm³/mol. The molecule has 0 saturated heterocycles. The van der Waals surface area contributed by atoms with Crippen molar-refractivity contribution < 1.29 is 44.3 Å². The van der Waals surface area contributed by atoms with Crippen molar-refractivity contribution in [1.29, 1.82) is 0 Å². The summed E-state index contributed by atoms with van der Waals surface area (Å²) in [4.78, 5) is 12.2. The van der Waals surface area contributed by atoms with Crippen molar-refractivity contribution >= 4 is 17.3 Å². The normalized spacial score (nSPS) is 13.3. The maximum absolute atomic E-state index is 13.3. The van der Waals surface area contributed by atoms with Gasteiger partial charge in [0.2, 0.25) is 0 Å². The summed E-state index contributed by atoms with van der Waals surface area (Å²) in [6.07, 6.45) is -21.0. The fourth-order valence-electron chi connectivity index (χ4n) is 2.55. The first-order valence-electron chi connectivity index (χ1n) is 7.40. The highest BCUT2D eigenvalue weighted by atomic mass is 19.4. The van der Waals surface area contributed by atoms with Crippen LogP contribution in [0.4, 0.5) is 50.9 Å². The maximum Gasteiger partial charge on any atom is 0.421 e. The van der Waals surface area contributed by atoms with Crippen molar-refractivity contribution in [1.82, 2.24) is 0 Å². The number of hydrogen-bond acceptors (Lipinski definition) is 1. The van der Waals surface area contributed by atoms with E-state index in [1.807, 2.05) is 0 Å². The molecule has 0 radical (unpaired) electrons. The lowest BCUT2D eigenvalue weighted by Crippen LogP contribution is -2.67. The van der Waals surface area contributed by atoms with E-state index in [4.69, 9.17) is 0 Å². The Morgan fingerprint density at radius 1 is 0.571 bits per heavy atom. The highest BCUT2D eigenvalue weighted by Gasteiger charge is 2.88. The largest absolute Gasteiger partial charge is 0.421 e. The van der Waals surface area contributed by atoms with Gasteiger partial charge in [0, 0.05) is 11.4 Å². The molecule has 0 fully saturated rings. The highest BCUT2D eigenvalue weighted by molar-refractivity contribution is 6.05. The number of amides is 1. The number of para-hydroxylation sites is 2. The number of carbonyl (C=O) groups is 1. The van der Waals surface area contributed by atoms with Gasteiger partial charge in [0.05, 0.1) is 0 Å². The monoisotopic (exact) mass is 415 g/mol. The van der Waals surface area contributed by atoms with Gasteiger partial charge >= 0.3 is 23.9 Å². The summed E-state index contributed by atoms with van der Waals surface area (Å²) < 4.78 is 120. The molecule has 0 aliphatic heterocycles. The van der Waals surface area contributed by atoms with Gasteiger partial charge in [-0.25, -0.2) is 0 Å². The SMILES string of the molecule is O=C(N(c1ccccc1)c1ccccc1)C(C(F)(F)F)(C(F)(F)F)C(F)(F)F. The van der Waals surface area contributed by atoms with E-state index in [9.17, 15) is 44.3 Å². The number of alkyl halides is 9. The van der Waals surface area contributed by atoms with E-state index < -0.39 is 41.2 Å². The van der Waals surface area contributed by atoms with Gasteiger partial charge < -0.3 is 0 Å². The van der Waals surface area contributed by atoms with Crippen LogP contribution in [0, 0.1) is 5.41 Å². The van der Waals surface area contributed by atoms with Crippen LogP contribution in [-0.4, -0.2) is 24.4 Å². The Balaban J connectivity index is 2.86. The molecule has 2 aromatic carbocycles. The standard InChI is InChI=1S/C17H10F9NO/c18-15(19,20)14(16(21,22)23,17(24,25)26)13(28)27(11-7-3-1-4-8-11)12-9-5-2-6-10-12/h1-10H. The van der Waals surface area contributed by atoms with Gasteiger partial charge in [-0.2, -0.15) is 39.5 Å². The second-order valence-corrected chi connectivity index (χ2v) is 5.55. The minimum atomic E-state index is -7.00. The first kappa shape index (κ1) is 21.6. The van der Waals surface area contributed by atoms with Crippen molar-refractivity contribution in [2.45, 2.75) is 18.5 Å². The van der Waals surface area contributed by atoms with Gasteiger partial charge in [0.25, 0.3) is 5.91 Å². The topological polar surface area (TPSA) is 20.3 Å². The smallest absolute Gasteiger partial charge is 0.280 e. The van der Waals surface area contributed by atoms with Crippen LogP contribution >= 0.6 is 0 Å². The molecule has 2 nitrogen and oxygen atoms in total. The first-order valence-corrected chi connectivity index (χ1v) is 7.40. The number of anilines is 2. The molecule has 0 N–H and O–H groups in total. The molecule has 2 aromatic rings. The van der Waals surface area contributed by atoms with Crippen molar-refractivity contribution in [2.24, 2.45) is 5.41 Å². The van der Waals surface area contributed by atoms with Crippen molar-refractivity contribution in [3.63, 3.8) is 0 Å². The summed E-state index contributed by atoms with van der Waals surface area (Å²) in [5.74, 6) is -3.22. The van der Waals surface area contributed by atoms with Crippen LogP contribution in [0.5, 0.6) is 0 Å². The van der Waals surface area contributed by atoms with Crippen LogP contribution in [0.15, 0.2) is 60.7 Å². The lowest BCUT2D eigenvalue weighted by Gasteiger charge is -2.40. The molecular weight excluding hydrogens is 405 g/mol. The van der Waals surface area contributed by atoms with Crippen LogP contribution in [0.3, 0.4) is 0 Å². The van der Waals surface area contributed by atoms with Crippen molar-refractivity contribution in [2.75, 3.05) is 4.90 Å². The maximum atomic E-state index is 13.3. The van der Waals surface area contributed by atoms with Gasteiger partial charge in [-0.1, -0.05) is 36.4 Å². The van der Waals surface area contributed by atoms with Gasteiger partial charge in [-0.3, -0.25) is 9.69 Å². The zero-order valence-corrected chi connectivity index (χ0v) is 13.5. The molecule has 0 saturated carbocycles. The van der Waals surface area contributed by atoms with E-state index in [0.29, 0.717) is 0 Å². The molecule has 0 bridgehead atoms. The Bertz CT molecular complexity index is 735. The van der Waals surface area contributed by atoms with E-state index in [2.05, 4.69) is 0 Å². The van der Waals surface area contributed by atoms with Crippen LogP contribution in [0.25, 0.3) is 0 Å². The molecule has 2 rings (SSSR count). The number of carbonyl (C=O) groups excluding carboxylic acids is 1. The number of rotatable bonds is 3. The van der Waals surface area contributed by atoms with E-state index in [0.717, 1.165) is 48.5 Å².